The zero-order valence-electron chi connectivity index (χ0n) is 39.3. The molecule has 2 rings (SSSR count). The van der Waals surface area contributed by atoms with Gasteiger partial charge in [-0.1, -0.05) is 256 Å². The molecule has 0 aliphatic rings. The molecule has 0 amide bonds. The first-order valence-corrected chi connectivity index (χ1v) is 26.1. The van der Waals surface area contributed by atoms with Crippen LogP contribution in [-0.4, -0.2) is 43.6 Å². The number of benzene rings is 1. The Labute approximate surface area is 372 Å². The van der Waals surface area contributed by atoms with E-state index in [1.165, 1.54) is 206 Å². The zero-order valence-corrected chi connectivity index (χ0v) is 40.1. The van der Waals surface area contributed by atoms with Gasteiger partial charge < -0.3 is 9.47 Å². The van der Waals surface area contributed by atoms with E-state index in [2.05, 4.69) is 29.4 Å². The minimum atomic E-state index is -1.20. The number of hydrogen-bond donors (Lipinski definition) is 0. The first-order chi connectivity index (χ1) is 29.5. The van der Waals surface area contributed by atoms with Gasteiger partial charge in [0.25, 0.3) is 0 Å². The number of hydrogen-bond acceptors (Lipinski definition) is 8. The van der Waals surface area contributed by atoms with Crippen LogP contribution in [0.1, 0.15) is 252 Å². The molecule has 344 valence electrons. The molecule has 8 nitrogen and oxygen atoms in total. The lowest BCUT2D eigenvalue weighted by Crippen LogP contribution is -2.45. The highest BCUT2D eigenvalue weighted by atomic mass is 32.2. The Morgan fingerprint density at radius 2 is 0.967 bits per heavy atom. The lowest BCUT2D eigenvalue weighted by Gasteiger charge is -2.37. The van der Waals surface area contributed by atoms with E-state index in [1.54, 1.807) is 4.09 Å². The van der Waals surface area contributed by atoms with E-state index in [4.69, 9.17) is 9.47 Å². The van der Waals surface area contributed by atoms with Crippen molar-refractivity contribution in [2.45, 2.75) is 257 Å². The lowest BCUT2D eigenvalue weighted by atomic mass is 9.90. The fourth-order valence-electron chi connectivity index (χ4n) is 8.64. The van der Waals surface area contributed by atoms with Gasteiger partial charge in [0.15, 0.2) is 10.8 Å². The van der Waals surface area contributed by atoms with E-state index in [0.29, 0.717) is 18.7 Å². The SMILES string of the molecule is CCCCCCCCCCCCCCCCCCCCCCCC[C@H](C(=O)OC)[C@](CCCCCCCCCCCCCC)(OC(C)=O)Sn1nnnc1-c1ccccc1. The number of carbonyl (C=O) groups is 2. The van der Waals surface area contributed by atoms with Crippen LogP contribution in [-0.2, 0) is 19.1 Å². The Morgan fingerprint density at radius 1 is 0.583 bits per heavy atom. The largest absolute Gasteiger partial charge is 0.469 e. The van der Waals surface area contributed by atoms with Crippen molar-refractivity contribution in [3.05, 3.63) is 30.3 Å². The summed E-state index contributed by atoms with van der Waals surface area (Å²) in [6, 6.07) is 9.77. The minimum Gasteiger partial charge on any atom is -0.469 e. The minimum absolute atomic E-state index is 0.347. The van der Waals surface area contributed by atoms with Crippen LogP contribution < -0.4 is 0 Å². The molecule has 0 bridgehead atoms. The summed E-state index contributed by atoms with van der Waals surface area (Å²) in [4.78, 5) is 25.4. The lowest BCUT2D eigenvalue weighted by molar-refractivity contribution is -0.163. The van der Waals surface area contributed by atoms with Gasteiger partial charge in [0.05, 0.1) is 7.11 Å². The summed E-state index contributed by atoms with van der Waals surface area (Å²) in [5.41, 5.74) is 0.853. The number of ether oxygens (including phenoxy) is 2. The van der Waals surface area contributed by atoms with Crippen molar-refractivity contribution in [3.8, 4) is 11.4 Å². The Hall–Kier alpha value is -2.42. The van der Waals surface area contributed by atoms with Gasteiger partial charge in [-0.3, -0.25) is 9.59 Å². The molecule has 60 heavy (non-hydrogen) atoms. The Kier molecular flexibility index (Phi) is 33.3. The summed E-state index contributed by atoms with van der Waals surface area (Å²) in [7, 11) is 1.44. The molecule has 0 aliphatic heterocycles. The van der Waals surface area contributed by atoms with Gasteiger partial charge in [-0.15, -0.1) is 5.10 Å². The molecule has 2 aromatic rings. The van der Waals surface area contributed by atoms with Crippen molar-refractivity contribution in [2.24, 2.45) is 5.92 Å². The van der Waals surface area contributed by atoms with Gasteiger partial charge in [-0.2, -0.15) is 4.09 Å². The molecule has 1 aromatic heterocycles. The predicted molar refractivity (Wildman–Crippen MR) is 254 cm³/mol. The first-order valence-electron chi connectivity index (χ1n) is 25.3. The molecule has 0 saturated carbocycles. The van der Waals surface area contributed by atoms with Crippen molar-refractivity contribution in [1.29, 1.82) is 0 Å². The Bertz CT molecular complexity index is 1290. The smallest absolute Gasteiger partial charge is 0.313 e. The highest BCUT2D eigenvalue weighted by molar-refractivity contribution is 7.99. The van der Waals surface area contributed by atoms with E-state index >= 15 is 0 Å². The fourth-order valence-corrected chi connectivity index (χ4v) is 9.96. The second-order valence-electron chi connectivity index (χ2n) is 17.7. The molecule has 0 aliphatic carbocycles. The third kappa shape index (κ3) is 25.5. The van der Waals surface area contributed by atoms with Crippen LogP contribution in [0.5, 0.6) is 0 Å². The second-order valence-corrected chi connectivity index (χ2v) is 18.9. The van der Waals surface area contributed by atoms with Gasteiger partial charge >= 0.3 is 11.9 Å². The summed E-state index contributed by atoms with van der Waals surface area (Å²) < 4.78 is 13.4. The first kappa shape index (κ1) is 53.7. The summed E-state index contributed by atoms with van der Waals surface area (Å²) in [5, 5.41) is 12.7. The molecule has 0 spiro atoms. The molecule has 0 saturated heterocycles. The van der Waals surface area contributed by atoms with Crippen LogP contribution in [0.25, 0.3) is 11.4 Å². The molecule has 0 N–H and O–H groups in total. The van der Waals surface area contributed by atoms with Crippen molar-refractivity contribution in [3.63, 3.8) is 0 Å². The van der Waals surface area contributed by atoms with E-state index < -0.39 is 16.8 Å². The number of carbonyl (C=O) groups excluding carboxylic acids is 2. The second kappa shape index (κ2) is 37.2. The number of methoxy groups -OCH3 is 1. The molecule has 0 fully saturated rings. The average Bonchev–Trinajstić information content (AvgIpc) is 3.71. The fraction of sp³-hybridized carbons (Fsp3) is 0.824. The molecule has 2 atom stereocenters. The summed E-state index contributed by atoms with van der Waals surface area (Å²) in [5.74, 6) is -0.860. The van der Waals surface area contributed by atoms with Gasteiger partial charge in [-0.25, -0.2) is 0 Å². The summed E-state index contributed by atoms with van der Waals surface area (Å²) >= 11 is 1.26. The monoisotopic (exact) mass is 855 g/mol. The van der Waals surface area contributed by atoms with Gasteiger partial charge in [0, 0.05) is 24.4 Å². The maximum absolute atomic E-state index is 13.7. The van der Waals surface area contributed by atoms with Gasteiger partial charge in [-0.05, 0) is 29.7 Å². The number of aromatic nitrogens is 4. The summed E-state index contributed by atoms with van der Waals surface area (Å²) in [6.45, 7) is 5.99. The van der Waals surface area contributed by atoms with Crippen molar-refractivity contribution < 1.29 is 19.1 Å². The highest BCUT2D eigenvalue weighted by Crippen LogP contribution is 2.44. The third-order valence-electron chi connectivity index (χ3n) is 12.3. The normalized spacial score (nSPS) is 13.0. The van der Waals surface area contributed by atoms with Crippen molar-refractivity contribution in [2.75, 3.05) is 7.11 Å². The predicted octanol–water partition coefficient (Wildman–Crippen LogP) is 16.0. The number of tetrazole rings is 1. The topological polar surface area (TPSA) is 96.2 Å². The number of nitrogens with zero attached hydrogens (tertiary/aromatic N) is 4. The zero-order chi connectivity index (χ0) is 43.2. The molecule has 1 aromatic carbocycles. The standard InChI is InChI=1S/C51H90N4O4S/c1-5-7-9-11-13-15-17-19-20-21-22-23-24-25-26-27-28-29-31-33-35-40-44-48(50(57)58-4)51(59-46(3)56,45-41-36-34-32-30-18-16-14-12-10-8-6-2)60-55-49(52-53-54-55)47-42-38-37-39-43-47/h37-39,42-43,48H,5-36,40-41,44-45H2,1-4H3/t48-,51-/m1/s1. The van der Waals surface area contributed by atoms with Crippen molar-refractivity contribution >= 4 is 23.9 Å². The summed E-state index contributed by atoms with van der Waals surface area (Å²) in [6.07, 6.45) is 45.2. The number of esters is 2. The maximum atomic E-state index is 13.7. The quantitative estimate of drug-likeness (QED) is 0.0370. The third-order valence-corrected chi connectivity index (χ3v) is 13.6. The molecular weight excluding hydrogens is 765 g/mol. The van der Waals surface area contributed by atoms with Crippen LogP contribution >= 0.6 is 11.9 Å². The van der Waals surface area contributed by atoms with Gasteiger partial charge in [0.1, 0.15) is 5.92 Å². The Balaban J connectivity index is 1.82. The van der Waals surface area contributed by atoms with E-state index in [9.17, 15) is 9.59 Å². The van der Waals surface area contributed by atoms with Crippen LogP contribution in [0.3, 0.4) is 0 Å². The maximum Gasteiger partial charge on any atom is 0.313 e. The number of rotatable bonds is 42. The average molecular weight is 855 g/mol. The van der Waals surface area contributed by atoms with E-state index in [1.807, 2.05) is 30.3 Å². The van der Waals surface area contributed by atoms with Crippen LogP contribution in [0.2, 0.25) is 0 Å². The van der Waals surface area contributed by atoms with E-state index in [-0.39, 0.29) is 5.97 Å². The Morgan fingerprint density at radius 3 is 1.35 bits per heavy atom. The van der Waals surface area contributed by atoms with Gasteiger partial charge in [0.2, 0.25) is 0 Å². The van der Waals surface area contributed by atoms with Crippen LogP contribution in [0, 0.1) is 5.92 Å². The van der Waals surface area contributed by atoms with E-state index in [0.717, 1.165) is 44.1 Å². The number of unbranched alkanes of at least 4 members (excludes halogenated alkanes) is 32. The molecule has 0 radical (unpaired) electrons. The molecule has 0 unspecified atom stereocenters. The molecule has 9 heteroatoms. The van der Waals surface area contributed by atoms with Crippen LogP contribution in [0.15, 0.2) is 30.3 Å². The van der Waals surface area contributed by atoms with Crippen molar-refractivity contribution in [1.82, 2.24) is 19.6 Å². The highest BCUT2D eigenvalue weighted by Gasteiger charge is 2.48. The molecule has 1 heterocycles. The molecular formula is C51H90N4O4S. The van der Waals surface area contributed by atoms with Crippen LogP contribution in [0.4, 0.5) is 0 Å².